The average molecular weight is 429 g/mol. The molecule has 0 bridgehead atoms. The molecule has 4 saturated carbocycles. The van der Waals surface area contributed by atoms with E-state index in [2.05, 4.69) is 13.8 Å². The molecule has 0 aromatic heterocycles. The second kappa shape index (κ2) is 6.87. The van der Waals surface area contributed by atoms with Crippen molar-refractivity contribution in [2.75, 3.05) is 0 Å². The first kappa shape index (κ1) is 21.0. The number of alkyl halides is 2. The minimum absolute atomic E-state index is 0.0455. The van der Waals surface area contributed by atoms with Crippen molar-refractivity contribution in [3.8, 4) is 0 Å². The van der Waals surface area contributed by atoms with Gasteiger partial charge in [-0.25, -0.2) is 0 Å². The molecule has 2 unspecified atom stereocenters. The fourth-order valence-corrected chi connectivity index (χ4v) is 9.19. The number of ketones is 1. The summed E-state index contributed by atoms with van der Waals surface area (Å²) in [4.78, 5) is 23.3. The topological polar surface area (TPSA) is 43.4 Å². The van der Waals surface area contributed by atoms with Crippen LogP contribution >= 0.6 is 23.2 Å². The van der Waals surface area contributed by atoms with E-state index in [4.69, 9.17) is 27.9 Å². The highest BCUT2D eigenvalue weighted by molar-refractivity contribution is 6.33. The Kier molecular flexibility index (Phi) is 5.15. The number of hydrogen-bond donors (Lipinski definition) is 0. The Hall–Kier alpha value is -0.280. The number of halogens is 2. The van der Waals surface area contributed by atoms with Crippen molar-refractivity contribution in [1.82, 2.24) is 0 Å². The highest BCUT2D eigenvalue weighted by atomic mass is 35.5. The largest absolute Gasteiger partial charge is 0.462 e. The number of carbonyl (C=O) groups is 2. The van der Waals surface area contributed by atoms with Gasteiger partial charge < -0.3 is 4.74 Å². The molecule has 3 nitrogen and oxygen atoms in total. The summed E-state index contributed by atoms with van der Waals surface area (Å²) >= 11 is 14.4. The SMILES string of the molecule is CC(=O)O[C@H]1CC[C@]2(C)[C@H]3CC[C@]4(C)[C@@H](C(C)=O)CC[C@H]4[C@@H]3CC(Cl)C2(Cl)C1. The Morgan fingerprint density at radius 2 is 1.71 bits per heavy atom. The molecule has 4 fully saturated rings. The standard InChI is InChI=1S/C23H34Cl2O3/c1-13(26)17-5-6-18-16-11-20(24)23(25)12-15(28-14(2)27)7-10-22(23,4)19(16)8-9-21(17,18)3/h15-20H,5-12H2,1-4H3/t15-,16-,17+,18-,19-,20?,21+,22+,23?/m0/s1. The van der Waals surface area contributed by atoms with E-state index in [9.17, 15) is 9.59 Å². The van der Waals surface area contributed by atoms with E-state index in [0.29, 0.717) is 30.0 Å². The first-order chi connectivity index (χ1) is 13.0. The molecule has 5 heteroatoms. The van der Waals surface area contributed by atoms with Gasteiger partial charge in [0.15, 0.2) is 0 Å². The molecule has 0 aliphatic heterocycles. The van der Waals surface area contributed by atoms with Crippen molar-refractivity contribution in [2.24, 2.45) is 34.5 Å². The molecule has 0 aromatic carbocycles. The van der Waals surface area contributed by atoms with Crippen LogP contribution in [0.15, 0.2) is 0 Å². The van der Waals surface area contributed by atoms with Crippen LogP contribution in [0.3, 0.4) is 0 Å². The molecule has 0 saturated heterocycles. The van der Waals surface area contributed by atoms with Crippen molar-refractivity contribution < 1.29 is 14.3 Å². The molecule has 0 heterocycles. The van der Waals surface area contributed by atoms with E-state index in [1.54, 1.807) is 6.92 Å². The molecule has 0 spiro atoms. The zero-order chi connectivity index (χ0) is 20.5. The fraction of sp³-hybridized carbons (Fsp3) is 0.913. The Balaban J connectivity index is 1.63. The van der Waals surface area contributed by atoms with Gasteiger partial charge in [-0.15, -0.1) is 23.2 Å². The van der Waals surface area contributed by atoms with Gasteiger partial charge in [0.2, 0.25) is 0 Å². The van der Waals surface area contributed by atoms with E-state index in [1.165, 1.54) is 6.92 Å². The summed E-state index contributed by atoms with van der Waals surface area (Å²) in [6, 6.07) is 0. The van der Waals surface area contributed by atoms with Crippen LogP contribution in [0.2, 0.25) is 0 Å². The summed E-state index contributed by atoms with van der Waals surface area (Å²) < 4.78 is 5.54. The van der Waals surface area contributed by atoms with Crippen LogP contribution < -0.4 is 0 Å². The first-order valence-electron chi connectivity index (χ1n) is 11.0. The minimum Gasteiger partial charge on any atom is -0.462 e. The van der Waals surface area contributed by atoms with Gasteiger partial charge in [-0.2, -0.15) is 0 Å². The molecule has 28 heavy (non-hydrogen) atoms. The fourth-order valence-electron chi connectivity index (χ4n) is 8.15. The monoisotopic (exact) mass is 428 g/mol. The third-order valence-electron chi connectivity index (χ3n) is 9.51. The molecule has 0 aromatic rings. The highest BCUT2D eigenvalue weighted by Gasteiger charge is 2.67. The Morgan fingerprint density at radius 3 is 2.36 bits per heavy atom. The molecule has 4 rings (SSSR count). The average Bonchev–Trinajstić information content (AvgIpc) is 2.95. The maximum Gasteiger partial charge on any atom is 0.302 e. The summed E-state index contributed by atoms with van der Waals surface area (Å²) in [7, 11) is 0. The molecule has 4 aliphatic carbocycles. The molecule has 4 aliphatic rings. The van der Waals surface area contributed by atoms with Gasteiger partial charge in [0.1, 0.15) is 11.9 Å². The first-order valence-corrected chi connectivity index (χ1v) is 11.8. The number of rotatable bonds is 2. The van der Waals surface area contributed by atoms with E-state index in [1.807, 2.05) is 0 Å². The van der Waals surface area contributed by atoms with Crippen LogP contribution in [0.5, 0.6) is 0 Å². The molecular formula is C23H34Cl2O3. The molecule has 0 N–H and O–H groups in total. The van der Waals surface area contributed by atoms with Gasteiger partial charge in [0.25, 0.3) is 0 Å². The number of hydrogen-bond acceptors (Lipinski definition) is 3. The van der Waals surface area contributed by atoms with Crippen molar-refractivity contribution in [3.63, 3.8) is 0 Å². The van der Waals surface area contributed by atoms with Crippen LogP contribution in [0.25, 0.3) is 0 Å². The normalized spacial score (nSPS) is 52.9. The van der Waals surface area contributed by atoms with Crippen molar-refractivity contribution in [1.29, 1.82) is 0 Å². The summed E-state index contributed by atoms with van der Waals surface area (Å²) in [6.07, 6.45) is 7.71. The van der Waals surface area contributed by atoms with Gasteiger partial charge >= 0.3 is 5.97 Å². The van der Waals surface area contributed by atoms with Crippen molar-refractivity contribution in [2.45, 2.75) is 95.4 Å². The van der Waals surface area contributed by atoms with E-state index < -0.39 is 4.87 Å². The highest BCUT2D eigenvalue weighted by Crippen LogP contribution is 2.70. The van der Waals surface area contributed by atoms with E-state index >= 15 is 0 Å². The van der Waals surface area contributed by atoms with Gasteiger partial charge in [0.05, 0.1) is 10.3 Å². The van der Waals surface area contributed by atoms with E-state index in [-0.39, 0.29) is 34.2 Å². The molecule has 0 amide bonds. The predicted octanol–water partition coefficient (Wildman–Crippen LogP) is 5.74. The third kappa shape index (κ3) is 2.82. The Morgan fingerprint density at radius 1 is 1.00 bits per heavy atom. The lowest BCUT2D eigenvalue weighted by Gasteiger charge is -2.65. The van der Waals surface area contributed by atoms with Crippen LogP contribution in [0, 0.1) is 34.5 Å². The zero-order valence-corrected chi connectivity index (χ0v) is 19.1. The number of esters is 1. The lowest BCUT2D eigenvalue weighted by molar-refractivity contribution is -0.157. The smallest absolute Gasteiger partial charge is 0.302 e. The molecule has 9 atom stereocenters. The Bertz CT molecular complexity index is 681. The second-order valence-electron chi connectivity index (χ2n) is 10.6. The summed E-state index contributed by atoms with van der Waals surface area (Å²) in [6.45, 7) is 7.95. The molecular weight excluding hydrogens is 395 g/mol. The summed E-state index contributed by atoms with van der Waals surface area (Å²) in [5, 5.41) is -0.127. The summed E-state index contributed by atoms with van der Waals surface area (Å²) in [5.74, 6) is 2.01. The van der Waals surface area contributed by atoms with Crippen molar-refractivity contribution in [3.05, 3.63) is 0 Å². The van der Waals surface area contributed by atoms with E-state index in [0.717, 1.165) is 44.9 Å². The Labute approximate surface area is 179 Å². The predicted molar refractivity (Wildman–Crippen MR) is 112 cm³/mol. The van der Waals surface area contributed by atoms with Crippen LogP contribution in [-0.4, -0.2) is 28.1 Å². The maximum atomic E-state index is 12.3. The van der Waals surface area contributed by atoms with Crippen LogP contribution in [0.1, 0.15) is 79.1 Å². The second-order valence-corrected chi connectivity index (χ2v) is 11.8. The van der Waals surface area contributed by atoms with Gasteiger partial charge in [-0.1, -0.05) is 13.8 Å². The number of ether oxygens (including phenoxy) is 1. The van der Waals surface area contributed by atoms with Crippen molar-refractivity contribution >= 4 is 35.0 Å². The molecule has 0 radical (unpaired) electrons. The quantitative estimate of drug-likeness (QED) is 0.415. The number of Topliss-reactive ketones (excluding diaryl/α,β-unsaturated/α-hetero) is 1. The minimum atomic E-state index is -0.527. The zero-order valence-electron chi connectivity index (χ0n) is 17.6. The lowest BCUT2D eigenvalue weighted by Crippen LogP contribution is -2.65. The maximum absolute atomic E-state index is 12.3. The number of carbonyl (C=O) groups excluding carboxylic acids is 2. The molecule has 158 valence electrons. The number of fused-ring (bicyclic) bond motifs is 5. The van der Waals surface area contributed by atoms with Crippen LogP contribution in [-0.2, 0) is 14.3 Å². The third-order valence-corrected chi connectivity index (χ3v) is 11.0. The van der Waals surface area contributed by atoms with Gasteiger partial charge in [-0.3, -0.25) is 9.59 Å². The summed E-state index contributed by atoms with van der Waals surface area (Å²) in [5.41, 5.74) is 0.0808. The van der Waals surface area contributed by atoms with Gasteiger partial charge in [-0.05, 0) is 80.5 Å². The van der Waals surface area contributed by atoms with Gasteiger partial charge in [0, 0.05) is 19.3 Å². The lowest BCUT2D eigenvalue weighted by atomic mass is 9.44. The van der Waals surface area contributed by atoms with Crippen LogP contribution in [0.4, 0.5) is 0 Å².